The van der Waals surface area contributed by atoms with Gasteiger partial charge in [0.15, 0.2) is 0 Å². The molecule has 0 aliphatic heterocycles. The molecule has 0 aliphatic carbocycles. The summed E-state index contributed by atoms with van der Waals surface area (Å²) in [6.07, 6.45) is 0.771. The molecule has 0 spiro atoms. The van der Waals surface area contributed by atoms with Gasteiger partial charge in [0.25, 0.3) is 0 Å². The van der Waals surface area contributed by atoms with Crippen LogP contribution in [0.3, 0.4) is 0 Å². The average Bonchev–Trinajstić information content (AvgIpc) is 2.18. The van der Waals surface area contributed by atoms with Gasteiger partial charge in [0, 0.05) is 12.7 Å². The highest BCUT2D eigenvalue weighted by atomic mass is 16.4. The SMILES string of the molecule is CN(CC=O)c1cccc(C(=O)O)c1. The van der Waals surface area contributed by atoms with E-state index in [1.165, 1.54) is 12.1 Å². The van der Waals surface area contributed by atoms with Crippen molar-refractivity contribution >= 4 is 17.9 Å². The van der Waals surface area contributed by atoms with Crippen molar-refractivity contribution in [3.63, 3.8) is 0 Å². The Hall–Kier alpha value is -1.84. The van der Waals surface area contributed by atoms with Crippen LogP contribution in [-0.2, 0) is 4.79 Å². The molecule has 0 bridgehead atoms. The Kier molecular flexibility index (Phi) is 3.23. The molecule has 0 atom stereocenters. The Labute approximate surface area is 81.8 Å². The molecule has 0 radical (unpaired) electrons. The Morgan fingerprint density at radius 2 is 2.29 bits per heavy atom. The van der Waals surface area contributed by atoms with Gasteiger partial charge in [0.2, 0.25) is 0 Å². The zero-order valence-corrected chi connectivity index (χ0v) is 7.80. The van der Waals surface area contributed by atoms with Crippen LogP contribution in [0.5, 0.6) is 0 Å². The predicted octanol–water partition coefficient (Wildman–Crippen LogP) is 1.02. The van der Waals surface area contributed by atoms with Crippen molar-refractivity contribution in [2.45, 2.75) is 0 Å². The first-order chi connectivity index (χ1) is 6.65. The number of nitrogens with zero attached hydrogens (tertiary/aromatic N) is 1. The van der Waals surface area contributed by atoms with E-state index in [0.717, 1.165) is 12.0 Å². The molecule has 0 amide bonds. The number of hydrogen-bond donors (Lipinski definition) is 1. The first-order valence-corrected chi connectivity index (χ1v) is 4.13. The molecule has 1 rings (SSSR count). The number of aromatic carboxylic acids is 1. The molecule has 0 unspecified atom stereocenters. The van der Waals surface area contributed by atoms with E-state index in [4.69, 9.17) is 5.11 Å². The third kappa shape index (κ3) is 2.32. The lowest BCUT2D eigenvalue weighted by Crippen LogP contribution is -2.19. The maximum Gasteiger partial charge on any atom is 0.335 e. The van der Waals surface area contributed by atoms with E-state index in [2.05, 4.69) is 0 Å². The fourth-order valence-electron chi connectivity index (χ4n) is 1.09. The van der Waals surface area contributed by atoms with Crippen LogP contribution in [0, 0.1) is 0 Å². The molecule has 0 saturated carbocycles. The number of carboxylic acid groups (broad SMARTS) is 1. The van der Waals surface area contributed by atoms with Gasteiger partial charge < -0.3 is 14.8 Å². The van der Waals surface area contributed by atoms with E-state index in [9.17, 15) is 9.59 Å². The summed E-state index contributed by atoms with van der Waals surface area (Å²) in [4.78, 5) is 22.6. The molecule has 0 heterocycles. The lowest BCUT2D eigenvalue weighted by atomic mass is 10.2. The van der Waals surface area contributed by atoms with E-state index in [1.807, 2.05) is 0 Å². The fourth-order valence-corrected chi connectivity index (χ4v) is 1.09. The van der Waals surface area contributed by atoms with Crippen LogP contribution in [0.1, 0.15) is 10.4 Å². The number of likely N-dealkylation sites (N-methyl/N-ethyl adjacent to an activating group) is 1. The Balaban J connectivity index is 2.93. The van der Waals surface area contributed by atoms with Gasteiger partial charge >= 0.3 is 5.97 Å². The summed E-state index contributed by atoms with van der Waals surface area (Å²) in [5.74, 6) is -0.966. The molecule has 1 N–H and O–H groups in total. The molecular weight excluding hydrogens is 182 g/mol. The summed E-state index contributed by atoms with van der Waals surface area (Å²) in [5.41, 5.74) is 0.942. The van der Waals surface area contributed by atoms with E-state index in [0.29, 0.717) is 0 Å². The minimum atomic E-state index is -0.966. The summed E-state index contributed by atoms with van der Waals surface area (Å²) < 4.78 is 0. The van der Waals surface area contributed by atoms with Crippen molar-refractivity contribution < 1.29 is 14.7 Å². The zero-order valence-electron chi connectivity index (χ0n) is 7.80. The van der Waals surface area contributed by atoms with Crippen molar-refractivity contribution in [3.05, 3.63) is 29.8 Å². The van der Waals surface area contributed by atoms with Gasteiger partial charge in [-0.05, 0) is 18.2 Å². The summed E-state index contributed by atoms with van der Waals surface area (Å²) in [6.45, 7) is 0.253. The largest absolute Gasteiger partial charge is 0.478 e. The Bertz CT molecular complexity index is 349. The summed E-state index contributed by atoms with van der Waals surface area (Å²) in [7, 11) is 1.73. The van der Waals surface area contributed by atoms with Crippen LogP contribution in [0.25, 0.3) is 0 Å². The highest BCUT2D eigenvalue weighted by Gasteiger charge is 2.05. The highest BCUT2D eigenvalue weighted by molar-refractivity contribution is 5.88. The van der Waals surface area contributed by atoms with Crippen molar-refractivity contribution in [1.29, 1.82) is 0 Å². The standard InChI is InChI=1S/C10H11NO3/c1-11(5-6-12)9-4-2-3-8(7-9)10(13)14/h2-4,6-7H,5H2,1H3,(H,13,14). The molecule has 0 fully saturated rings. The van der Waals surface area contributed by atoms with E-state index in [1.54, 1.807) is 24.1 Å². The number of hydrogen-bond acceptors (Lipinski definition) is 3. The van der Waals surface area contributed by atoms with Crippen LogP contribution in [0.4, 0.5) is 5.69 Å². The summed E-state index contributed by atoms with van der Waals surface area (Å²) in [6, 6.07) is 6.46. The van der Waals surface area contributed by atoms with Gasteiger partial charge in [0.1, 0.15) is 6.29 Å². The number of benzene rings is 1. The van der Waals surface area contributed by atoms with Crippen LogP contribution >= 0.6 is 0 Å². The second-order valence-corrected chi connectivity index (χ2v) is 2.90. The quantitative estimate of drug-likeness (QED) is 0.725. The molecule has 1 aromatic rings. The van der Waals surface area contributed by atoms with Crippen LogP contribution in [-0.4, -0.2) is 31.0 Å². The average molecular weight is 193 g/mol. The van der Waals surface area contributed by atoms with Crippen LogP contribution < -0.4 is 4.90 Å². The molecule has 0 aliphatic rings. The van der Waals surface area contributed by atoms with E-state index < -0.39 is 5.97 Å². The number of carbonyl (C=O) groups is 2. The monoisotopic (exact) mass is 193 g/mol. The summed E-state index contributed by atoms with van der Waals surface area (Å²) in [5, 5.41) is 8.73. The molecule has 4 heteroatoms. The topological polar surface area (TPSA) is 57.6 Å². The summed E-state index contributed by atoms with van der Waals surface area (Å²) >= 11 is 0. The lowest BCUT2D eigenvalue weighted by Gasteiger charge is -2.15. The van der Waals surface area contributed by atoms with Crippen molar-refractivity contribution in [2.24, 2.45) is 0 Å². The fraction of sp³-hybridized carbons (Fsp3) is 0.200. The zero-order chi connectivity index (χ0) is 10.6. The number of aldehydes is 1. The minimum Gasteiger partial charge on any atom is -0.478 e. The van der Waals surface area contributed by atoms with Gasteiger partial charge in [-0.1, -0.05) is 6.07 Å². The van der Waals surface area contributed by atoms with Crippen molar-refractivity contribution in [1.82, 2.24) is 0 Å². The first kappa shape index (κ1) is 10.2. The Morgan fingerprint density at radius 3 is 2.86 bits per heavy atom. The highest BCUT2D eigenvalue weighted by Crippen LogP contribution is 2.13. The van der Waals surface area contributed by atoms with Gasteiger partial charge in [0.05, 0.1) is 12.1 Å². The number of rotatable bonds is 4. The van der Waals surface area contributed by atoms with Crippen LogP contribution in [0.15, 0.2) is 24.3 Å². The molecule has 0 aromatic heterocycles. The number of anilines is 1. The molecule has 4 nitrogen and oxygen atoms in total. The van der Waals surface area contributed by atoms with Crippen LogP contribution in [0.2, 0.25) is 0 Å². The minimum absolute atomic E-state index is 0.222. The Morgan fingerprint density at radius 1 is 1.57 bits per heavy atom. The van der Waals surface area contributed by atoms with Gasteiger partial charge in [-0.3, -0.25) is 0 Å². The van der Waals surface area contributed by atoms with Gasteiger partial charge in [-0.25, -0.2) is 4.79 Å². The number of carbonyl (C=O) groups excluding carboxylic acids is 1. The second kappa shape index (κ2) is 4.41. The maximum atomic E-state index is 10.6. The maximum absolute atomic E-state index is 10.6. The van der Waals surface area contributed by atoms with Gasteiger partial charge in [-0.2, -0.15) is 0 Å². The molecule has 14 heavy (non-hydrogen) atoms. The van der Waals surface area contributed by atoms with E-state index in [-0.39, 0.29) is 12.1 Å². The molecule has 0 saturated heterocycles. The van der Waals surface area contributed by atoms with Gasteiger partial charge in [-0.15, -0.1) is 0 Å². The second-order valence-electron chi connectivity index (χ2n) is 2.90. The molecule has 74 valence electrons. The predicted molar refractivity (Wildman–Crippen MR) is 52.7 cm³/mol. The molecular formula is C10H11NO3. The number of carboxylic acids is 1. The third-order valence-electron chi connectivity index (χ3n) is 1.88. The van der Waals surface area contributed by atoms with Crippen molar-refractivity contribution in [3.8, 4) is 0 Å². The first-order valence-electron chi connectivity index (χ1n) is 4.13. The molecule has 1 aromatic carbocycles. The van der Waals surface area contributed by atoms with E-state index >= 15 is 0 Å². The lowest BCUT2D eigenvalue weighted by molar-refractivity contribution is -0.106. The smallest absolute Gasteiger partial charge is 0.335 e. The third-order valence-corrected chi connectivity index (χ3v) is 1.88. The normalized spacial score (nSPS) is 9.50. The van der Waals surface area contributed by atoms with Crippen molar-refractivity contribution in [2.75, 3.05) is 18.5 Å².